The number of nitrogens with one attached hydrogen (secondary N) is 1. The molecule has 2 aromatic carbocycles. The minimum atomic E-state index is -3.57. The molecule has 0 saturated heterocycles. The van der Waals surface area contributed by atoms with E-state index in [1.807, 2.05) is 30.3 Å². The zero-order chi connectivity index (χ0) is 36.4. The van der Waals surface area contributed by atoms with Gasteiger partial charge in [0.1, 0.15) is 13.8 Å². The first-order valence-electron chi connectivity index (χ1n) is 17.9. The number of amides is 1. The van der Waals surface area contributed by atoms with Gasteiger partial charge >= 0.3 is 0 Å². The van der Waals surface area contributed by atoms with Crippen LogP contribution < -0.4 is 4.39 Å². The lowest BCUT2D eigenvalue weighted by Crippen LogP contribution is -2.54. The minimum Gasteiger partial charge on any atom is -0.384 e. The Kier molecular flexibility index (Phi) is 11.9. The van der Waals surface area contributed by atoms with Gasteiger partial charge in [0.15, 0.2) is 14.9 Å². The highest BCUT2D eigenvalue weighted by atomic mass is 32.2. The molecule has 1 fully saturated rings. The quantitative estimate of drug-likeness (QED) is 0.172. The zero-order valence-corrected chi connectivity index (χ0v) is 33.4. The molecule has 3 aromatic rings. The maximum absolute atomic E-state index is 15.3. The van der Waals surface area contributed by atoms with E-state index in [-0.39, 0.29) is 28.3 Å². The molecule has 9 heteroatoms. The molecule has 1 aliphatic rings. The second-order valence-electron chi connectivity index (χ2n) is 16.4. The van der Waals surface area contributed by atoms with Gasteiger partial charge in [0.05, 0.1) is 17.8 Å². The van der Waals surface area contributed by atoms with Gasteiger partial charge in [-0.25, -0.2) is 13.3 Å². The highest BCUT2D eigenvalue weighted by Gasteiger charge is 2.40. The molecule has 1 heterocycles. The second kappa shape index (κ2) is 15.1. The molecular formula is C40H58N4O3SSi. The third kappa shape index (κ3) is 9.40. The number of hydrogen-bond donors (Lipinski definition) is 2. The van der Waals surface area contributed by atoms with Crippen LogP contribution in [-0.4, -0.2) is 33.2 Å². The molecule has 0 radical (unpaired) electrons. The SMILES string of the molecule is CC(C)c1cc(C#CC2CCCCC2)cc(C(C)C)c1CC(=O)N=S(=O)(N[Si](C)(C)C(C)(C)C)c1cc(C(C)(C)O)n(-c2ccccc2)n1. The van der Waals surface area contributed by atoms with Crippen LogP contribution in [0.1, 0.15) is 134 Å². The first kappa shape index (κ1) is 38.8. The number of para-hydroxylation sites is 1. The van der Waals surface area contributed by atoms with E-state index in [1.165, 1.54) is 19.3 Å². The molecule has 1 aromatic heterocycles. The summed E-state index contributed by atoms with van der Waals surface area (Å²) in [6.45, 7) is 22.4. The third-order valence-electron chi connectivity index (χ3n) is 10.0. The summed E-state index contributed by atoms with van der Waals surface area (Å²) in [7, 11) is -6.07. The van der Waals surface area contributed by atoms with Crippen LogP contribution in [0.25, 0.3) is 5.69 Å². The Hall–Kier alpha value is -3.03. The first-order valence-corrected chi connectivity index (χ1v) is 22.4. The van der Waals surface area contributed by atoms with Crippen molar-refractivity contribution in [3.63, 3.8) is 0 Å². The number of nitrogens with zero attached hydrogens (tertiary/aromatic N) is 3. The van der Waals surface area contributed by atoms with Crippen LogP contribution in [0.5, 0.6) is 0 Å². The average Bonchev–Trinajstić information content (AvgIpc) is 3.48. The predicted octanol–water partition coefficient (Wildman–Crippen LogP) is 9.38. The lowest BCUT2D eigenvalue weighted by Gasteiger charge is -2.37. The second-order valence-corrected chi connectivity index (χ2v) is 23.6. The van der Waals surface area contributed by atoms with Gasteiger partial charge in [0.2, 0.25) is 0 Å². The molecule has 0 bridgehead atoms. The van der Waals surface area contributed by atoms with E-state index in [0.29, 0.717) is 17.3 Å². The van der Waals surface area contributed by atoms with Gasteiger partial charge in [-0.2, -0.15) is 5.10 Å². The fraction of sp³-hybridized carbons (Fsp3) is 0.550. The molecule has 4 rings (SSSR count). The smallest absolute Gasteiger partial charge is 0.259 e. The Labute approximate surface area is 297 Å². The molecule has 0 aliphatic heterocycles. The number of benzene rings is 2. The number of carbonyl (C=O) groups is 1. The fourth-order valence-electron chi connectivity index (χ4n) is 6.10. The highest BCUT2D eigenvalue weighted by molar-refractivity contribution is 7.93. The lowest BCUT2D eigenvalue weighted by molar-refractivity contribution is -0.117. The molecule has 49 heavy (non-hydrogen) atoms. The third-order valence-corrected chi connectivity index (χ3v) is 18.1. The van der Waals surface area contributed by atoms with Crippen molar-refractivity contribution in [2.45, 2.75) is 141 Å². The van der Waals surface area contributed by atoms with Gasteiger partial charge in [0, 0.05) is 17.5 Å². The van der Waals surface area contributed by atoms with Crippen LogP contribution in [0.2, 0.25) is 18.1 Å². The average molecular weight is 703 g/mol. The Morgan fingerprint density at radius 2 is 1.57 bits per heavy atom. The van der Waals surface area contributed by atoms with Gasteiger partial charge in [0.25, 0.3) is 5.91 Å². The van der Waals surface area contributed by atoms with Crippen molar-refractivity contribution < 1.29 is 14.1 Å². The van der Waals surface area contributed by atoms with Crippen LogP contribution in [0.4, 0.5) is 0 Å². The summed E-state index contributed by atoms with van der Waals surface area (Å²) in [6.07, 6.45) is 6.14. The fourth-order valence-corrected chi connectivity index (χ4v) is 11.6. The van der Waals surface area contributed by atoms with E-state index in [0.717, 1.165) is 35.1 Å². The number of aromatic nitrogens is 2. The molecular weight excluding hydrogens is 645 g/mol. The number of aliphatic hydroxyl groups is 1. The van der Waals surface area contributed by atoms with Gasteiger partial charge < -0.3 is 5.11 Å². The largest absolute Gasteiger partial charge is 0.384 e. The molecule has 1 aliphatic carbocycles. The minimum absolute atomic E-state index is 0.0191. The monoisotopic (exact) mass is 702 g/mol. The van der Waals surface area contributed by atoms with Crippen molar-refractivity contribution in [3.05, 3.63) is 76.5 Å². The van der Waals surface area contributed by atoms with Crippen LogP contribution in [-0.2, 0) is 26.7 Å². The van der Waals surface area contributed by atoms with Crippen molar-refractivity contribution in [1.29, 1.82) is 0 Å². The number of rotatable bonds is 9. The Bertz CT molecular complexity index is 1790. The van der Waals surface area contributed by atoms with E-state index >= 15 is 4.21 Å². The van der Waals surface area contributed by atoms with E-state index in [4.69, 9.17) is 5.10 Å². The number of hydrogen-bond acceptors (Lipinski definition) is 4. The van der Waals surface area contributed by atoms with Crippen LogP contribution in [0.15, 0.2) is 57.9 Å². The summed E-state index contributed by atoms with van der Waals surface area (Å²) in [5.74, 6) is 7.30. The van der Waals surface area contributed by atoms with Crippen molar-refractivity contribution in [3.8, 4) is 17.5 Å². The summed E-state index contributed by atoms with van der Waals surface area (Å²) in [5.41, 5.74) is 3.93. The van der Waals surface area contributed by atoms with Crippen molar-refractivity contribution in [1.82, 2.24) is 14.2 Å². The van der Waals surface area contributed by atoms with E-state index < -0.39 is 29.7 Å². The maximum atomic E-state index is 15.3. The van der Waals surface area contributed by atoms with Crippen molar-refractivity contribution in [2.75, 3.05) is 0 Å². The van der Waals surface area contributed by atoms with Crippen LogP contribution in [0.3, 0.4) is 0 Å². The van der Waals surface area contributed by atoms with Gasteiger partial charge in [-0.15, -0.1) is 4.36 Å². The normalized spacial score (nSPS) is 16.0. The predicted molar refractivity (Wildman–Crippen MR) is 205 cm³/mol. The van der Waals surface area contributed by atoms with Gasteiger partial charge in [-0.1, -0.05) is 111 Å². The highest BCUT2D eigenvalue weighted by Crippen LogP contribution is 2.36. The summed E-state index contributed by atoms with van der Waals surface area (Å²) < 4.78 is 24.8. The van der Waals surface area contributed by atoms with Crippen LogP contribution >= 0.6 is 0 Å². The van der Waals surface area contributed by atoms with Crippen LogP contribution in [0, 0.1) is 17.8 Å². The molecule has 7 nitrogen and oxygen atoms in total. The summed E-state index contributed by atoms with van der Waals surface area (Å²) >= 11 is 0. The summed E-state index contributed by atoms with van der Waals surface area (Å²) in [5, 5.41) is 15.9. The van der Waals surface area contributed by atoms with E-state index in [9.17, 15) is 9.90 Å². The summed E-state index contributed by atoms with van der Waals surface area (Å²) in [6, 6.07) is 15.3. The topological polar surface area (TPSA) is 96.6 Å². The molecule has 1 amide bonds. The Balaban J connectivity index is 1.86. The standard InChI is InChI=1S/C40H58N4O3SSi/c1-28(2)33-24-31(23-22-30-18-14-12-15-19-30)25-34(29(3)4)35(33)26-37(45)42-48(47,43-49(10,11)39(5,6)7)38-27-36(40(8,9)46)44(41-38)32-20-16-13-17-21-32/h13,16-17,20-21,24-25,27-30,46H,12,14-15,18-19,26H2,1-11H3,(H,42,43,45,47). The Morgan fingerprint density at radius 3 is 2.08 bits per heavy atom. The van der Waals surface area contributed by atoms with E-state index in [1.54, 1.807) is 24.6 Å². The van der Waals surface area contributed by atoms with Gasteiger partial charge in [-0.3, -0.25) is 4.79 Å². The molecule has 1 saturated carbocycles. The lowest BCUT2D eigenvalue weighted by atomic mass is 9.85. The molecule has 1 unspecified atom stereocenters. The van der Waals surface area contributed by atoms with Crippen molar-refractivity contribution >= 4 is 24.1 Å². The van der Waals surface area contributed by atoms with Crippen molar-refractivity contribution in [2.24, 2.45) is 10.3 Å². The van der Waals surface area contributed by atoms with Gasteiger partial charge in [-0.05, 0) is 84.5 Å². The molecule has 266 valence electrons. The molecule has 1 atom stereocenters. The molecule has 0 spiro atoms. The number of carbonyl (C=O) groups excluding carboxylic acids is 1. The van der Waals surface area contributed by atoms with E-state index in [2.05, 4.69) is 94.3 Å². The maximum Gasteiger partial charge on any atom is 0.259 e. The first-order chi connectivity index (χ1) is 22.7. The summed E-state index contributed by atoms with van der Waals surface area (Å²) in [4.78, 5) is 14.2. The Morgan fingerprint density at radius 1 is 1.00 bits per heavy atom. The zero-order valence-electron chi connectivity index (χ0n) is 31.6. The molecule has 2 N–H and O–H groups in total.